The highest BCUT2D eigenvalue weighted by molar-refractivity contribution is 6.01. The maximum Gasteiger partial charge on any atom is 0.231 e. The molecular weight excluding hydrogens is 392 g/mol. The molecule has 0 saturated heterocycles. The lowest BCUT2D eigenvalue weighted by Gasteiger charge is -2.28. The SMILES string of the molecule is CC(C)=CCc1cc2c(c(CC=C(C)C)c1O)OC(c1ccc3c(c1)OCO3)CC2=O. The summed E-state index contributed by atoms with van der Waals surface area (Å²) in [5.41, 5.74) is 5.10. The van der Waals surface area contributed by atoms with E-state index in [2.05, 4.69) is 6.08 Å². The van der Waals surface area contributed by atoms with E-state index in [0.717, 1.165) is 22.3 Å². The van der Waals surface area contributed by atoms with E-state index >= 15 is 0 Å². The van der Waals surface area contributed by atoms with E-state index in [1.807, 2.05) is 52.0 Å². The molecule has 5 nitrogen and oxygen atoms in total. The first-order valence-electron chi connectivity index (χ1n) is 10.6. The molecule has 162 valence electrons. The summed E-state index contributed by atoms with van der Waals surface area (Å²) in [7, 11) is 0. The molecule has 2 heterocycles. The van der Waals surface area contributed by atoms with E-state index in [-0.39, 0.29) is 24.7 Å². The third-order valence-corrected chi connectivity index (χ3v) is 5.57. The fourth-order valence-electron chi connectivity index (χ4n) is 3.84. The number of ether oxygens (including phenoxy) is 3. The molecule has 31 heavy (non-hydrogen) atoms. The van der Waals surface area contributed by atoms with Gasteiger partial charge in [0.2, 0.25) is 6.79 Å². The molecule has 2 aromatic carbocycles. The Kier molecular flexibility index (Phi) is 5.77. The van der Waals surface area contributed by atoms with E-state index in [0.29, 0.717) is 41.2 Å². The van der Waals surface area contributed by atoms with Crippen LogP contribution in [0.3, 0.4) is 0 Å². The minimum Gasteiger partial charge on any atom is -0.507 e. The van der Waals surface area contributed by atoms with Crippen LogP contribution in [-0.2, 0) is 12.8 Å². The first kappa shape index (κ1) is 21.0. The number of fused-ring (bicyclic) bond motifs is 2. The summed E-state index contributed by atoms with van der Waals surface area (Å²) >= 11 is 0. The van der Waals surface area contributed by atoms with Crippen LogP contribution in [-0.4, -0.2) is 17.7 Å². The molecule has 0 aliphatic carbocycles. The second-order valence-corrected chi connectivity index (χ2v) is 8.56. The Morgan fingerprint density at radius 1 is 1.03 bits per heavy atom. The van der Waals surface area contributed by atoms with Gasteiger partial charge in [0.25, 0.3) is 0 Å². The van der Waals surface area contributed by atoms with Crippen molar-refractivity contribution in [1.29, 1.82) is 0 Å². The summed E-state index contributed by atoms with van der Waals surface area (Å²) in [5.74, 6) is 2.05. The monoisotopic (exact) mass is 420 g/mol. The van der Waals surface area contributed by atoms with Gasteiger partial charge in [0, 0.05) is 5.56 Å². The molecule has 2 aliphatic rings. The number of hydrogen-bond donors (Lipinski definition) is 1. The van der Waals surface area contributed by atoms with Crippen LogP contribution in [0.5, 0.6) is 23.0 Å². The predicted molar refractivity (Wildman–Crippen MR) is 119 cm³/mol. The van der Waals surface area contributed by atoms with Crippen LogP contribution in [0.15, 0.2) is 47.6 Å². The molecule has 1 atom stereocenters. The van der Waals surface area contributed by atoms with Gasteiger partial charge in [-0.3, -0.25) is 4.79 Å². The van der Waals surface area contributed by atoms with Crippen LogP contribution in [0.1, 0.15) is 67.3 Å². The van der Waals surface area contributed by atoms with Crippen molar-refractivity contribution in [1.82, 2.24) is 0 Å². The van der Waals surface area contributed by atoms with Gasteiger partial charge in [0.1, 0.15) is 17.6 Å². The third kappa shape index (κ3) is 4.31. The van der Waals surface area contributed by atoms with E-state index in [9.17, 15) is 9.90 Å². The summed E-state index contributed by atoms with van der Waals surface area (Å²) in [5, 5.41) is 11.1. The number of aromatic hydroxyl groups is 1. The van der Waals surface area contributed by atoms with Crippen molar-refractivity contribution in [3.05, 3.63) is 69.8 Å². The molecule has 0 aromatic heterocycles. The standard InChI is InChI=1S/C26H28O5/c1-15(2)5-7-18-11-20-21(27)13-23(17-8-10-22-24(12-17)30-14-29-22)31-26(20)19(25(18)28)9-6-16(3)4/h5-6,8,10-12,23,28H,7,9,13-14H2,1-4H3. The Hall–Kier alpha value is -3.21. The Bertz CT molecular complexity index is 1090. The summed E-state index contributed by atoms with van der Waals surface area (Å²) in [6, 6.07) is 7.39. The lowest BCUT2D eigenvalue weighted by atomic mass is 9.90. The smallest absolute Gasteiger partial charge is 0.231 e. The summed E-state index contributed by atoms with van der Waals surface area (Å²) in [6.07, 6.45) is 4.96. The van der Waals surface area contributed by atoms with E-state index in [4.69, 9.17) is 14.2 Å². The van der Waals surface area contributed by atoms with Crippen molar-refractivity contribution < 1.29 is 24.1 Å². The second kappa shape index (κ2) is 8.50. The van der Waals surface area contributed by atoms with Gasteiger partial charge in [-0.1, -0.05) is 29.4 Å². The Balaban J connectivity index is 1.76. The summed E-state index contributed by atoms with van der Waals surface area (Å²) in [6.45, 7) is 8.25. The minimum absolute atomic E-state index is 0.0146. The fraction of sp³-hybridized carbons (Fsp3) is 0.346. The van der Waals surface area contributed by atoms with Crippen LogP contribution in [0.4, 0.5) is 0 Å². The van der Waals surface area contributed by atoms with Crippen molar-refractivity contribution in [2.24, 2.45) is 0 Å². The molecule has 1 unspecified atom stereocenters. The molecule has 1 N–H and O–H groups in total. The van der Waals surface area contributed by atoms with Crippen molar-refractivity contribution in [3.8, 4) is 23.0 Å². The molecule has 2 aliphatic heterocycles. The number of carbonyl (C=O) groups excluding carboxylic acids is 1. The Labute approximate surface area is 183 Å². The average Bonchev–Trinajstić information content (AvgIpc) is 3.19. The van der Waals surface area contributed by atoms with Gasteiger partial charge in [-0.05, 0) is 69.9 Å². The first-order valence-corrected chi connectivity index (χ1v) is 10.6. The number of allylic oxidation sites excluding steroid dienone is 4. The zero-order valence-corrected chi connectivity index (χ0v) is 18.5. The number of phenolic OH excluding ortho intramolecular Hbond substituents is 1. The lowest BCUT2D eigenvalue weighted by molar-refractivity contribution is 0.0846. The molecule has 2 aromatic rings. The lowest BCUT2D eigenvalue weighted by Crippen LogP contribution is -2.22. The van der Waals surface area contributed by atoms with E-state index in [1.165, 1.54) is 0 Å². The molecule has 4 rings (SSSR count). The van der Waals surface area contributed by atoms with Gasteiger partial charge in [-0.25, -0.2) is 0 Å². The maximum absolute atomic E-state index is 13.1. The predicted octanol–water partition coefficient (Wildman–Crippen LogP) is 5.84. The Morgan fingerprint density at radius 3 is 2.48 bits per heavy atom. The topological polar surface area (TPSA) is 65.0 Å². The van der Waals surface area contributed by atoms with Crippen LogP contribution < -0.4 is 14.2 Å². The average molecular weight is 421 g/mol. The van der Waals surface area contributed by atoms with Crippen molar-refractivity contribution in [2.45, 2.75) is 53.1 Å². The number of carbonyl (C=O) groups is 1. The van der Waals surface area contributed by atoms with Crippen LogP contribution in [0.25, 0.3) is 0 Å². The highest BCUT2D eigenvalue weighted by Crippen LogP contribution is 2.44. The third-order valence-electron chi connectivity index (χ3n) is 5.57. The number of hydrogen-bond acceptors (Lipinski definition) is 5. The molecule has 0 radical (unpaired) electrons. The highest BCUT2D eigenvalue weighted by atomic mass is 16.7. The maximum atomic E-state index is 13.1. The van der Waals surface area contributed by atoms with Gasteiger partial charge in [-0.15, -0.1) is 0 Å². The number of benzene rings is 2. The van der Waals surface area contributed by atoms with Gasteiger partial charge in [0.15, 0.2) is 17.3 Å². The molecule has 0 spiro atoms. The van der Waals surface area contributed by atoms with Crippen LogP contribution in [0, 0.1) is 0 Å². The van der Waals surface area contributed by atoms with Crippen LogP contribution >= 0.6 is 0 Å². The summed E-state index contributed by atoms with van der Waals surface area (Å²) in [4.78, 5) is 13.1. The zero-order chi connectivity index (χ0) is 22.1. The number of ketones is 1. The quantitative estimate of drug-likeness (QED) is 0.615. The van der Waals surface area contributed by atoms with Crippen molar-refractivity contribution in [3.63, 3.8) is 0 Å². The normalized spacial score (nSPS) is 16.4. The summed E-state index contributed by atoms with van der Waals surface area (Å²) < 4.78 is 17.2. The minimum atomic E-state index is -0.442. The van der Waals surface area contributed by atoms with Crippen molar-refractivity contribution >= 4 is 5.78 Å². The fourth-order valence-corrected chi connectivity index (χ4v) is 3.84. The number of phenols is 1. The van der Waals surface area contributed by atoms with Gasteiger partial charge >= 0.3 is 0 Å². The number of Topliss-reactive ketones (excluding diaryl/α,β-unsaturated/α-hetero) is 1. The number of rotatable bonds is 5. The zero-order valence-electron chi connectivity index (χ0n) is 18.5. The van der Waals surface area contributed by atoms with Gasteiger partial charge in [-0.2, -0.15) is 0 Å². The molecule has 0 amide bonds. The van der Waals surface area contributed by atoms with E-state index in [1.54, 1.807) is 6.07 Å². The van der Waals surface area contributed by atoms with Crippen molar-refractivity contribution in [2.75, 3.05) is 6.79 Å². The highest BCUT2D eigenvalue weighted by Gasteiger charge is 2.32. The molecule has 0 saturated carbocycles. The molecule has 5 heteroatoms. The Morgan fingerprint density at radius 2 is 1.74 bits per heavy atom. The van der Waals surface area contributed by atoms with E-state index < -0.39 is 6.10 Å². The largest absolute Gasteiger partial charge is 0.507 e. The first-order chi connectivity index (χ1) is 14.8. The van der Waals surface area contributed by atoms with Gasteiger partial charge < -0.3 is 19.3 Å². The molecule has 0 bridgehead atoms. The molecular formula is C26H28O5. The van der Waals surface area contributed by atoms with Crippen LogP contribution in [0.2, 0.25) is 0 Å². The molecule has 0 fully saturated rings. The second-order valence-electron chi connectivity index (χ2n) is 8.56. The van der Waals surface area contributed by atoms with Gasteiger partial charge in [0.05, 0.1) is 12.0 Å².